The van der Waals surface area contributed by atoms with E-state index in [0.29, 0.717) is 42.0 Å². The van der Waals surface area contributed by atoms with Crippen molar-refractivity contribution in [1.82, 2.24) is 9.97 Å². The van der Waals surface area contributed by atoms with Crippen LogP contribution >= 0.6 is 11.6 Å². The van der Waals surface area contributed by atoms with Crippen molar-refractivity contribution in [3.63, 3.8) is 0 Å². The number of benzene rings is 3. The highest BCUT2D eigenvalue weighted by Gasteiger charge is 2.15. The number of morpholine rings is 1. The van der Waals surface area contributed by atoms with Gasteiger partial charge in [0.2, 0.25) is 0 Å². The summed E-state index contributed by atoms with van der Waals surface area (Å²) >= 11 is 6.20. The van der Waals surface area contributed by atoms with Gasteiger partial charge in [-0.05, 0) is 40.6 Å². The molecule has 165 valence electrons. The topological polar surface area (TPSA) is 67.4 Å². The second-order valence-electron chi connectivity index (χ2n) is 7.87. The summed E-state index contributed by atoms with van der Waals surface area (Å²) in [5.74, 6) is 1.19. The third-order valence-electron chi connectivity index (χ3n) is 5.57. The molecule has 0 bridgehead atoms. The predicted molar refractivity (Wildman–Crippen MR) is 130 cm³/mol. The molecule has 1 radical (unpaired) electrons. The third kappa shape index (κ3) is 5.13. The average molecular weight is 458 g/mol. The number of carbonyl (C=O) groups excluding carboxylic acids is 1. The minimum absolute atomic E-state index is 0.141. The number of hydrogen-bond acceptors (Lipinski definition) is 5. The molecule has 1 amide bonds. The van der Waals surface area contributed by atoms with E-state index in [1.54, 1.807) is 0 Å². The van der Waals surface area contributed by atoms with Gasteiger partial charge in [0, 0.05) is 30.8 Å². The zero-order valence-electron chi connectivity index (χ0n) is 17.9. The molecule has 6 nitrogen and oxygen atoms in total. The molecule has 3 aromatic carbocycles. The van der Waals surface area contributed by atoms with Crippen LogP contribution in [0.1, 0.15) is 21.7 Å². The van der Waals surface area contributed by atoms with Crippen LogP contribution in [0.25, 0.3) is 10.8 Å². The van der Waals surface area contributed by atoms with Gasteiger partial charge in [0.25, 0.3) is 5.91 Å². The van der Waals surface area contributed by atoms with E-state index in [1.165, 1.54) is 0 Å². The highest BCUT2D eigenvalue weighted by molar-refractivity contribution is 6.29. The largest absolute Gasteiger partial charge is 0.378 e. The molecule has 0 saturated carbocycles. The maximum Gasteiger partial charge on any atom is 0.255 e. The van der Waals surface area contributed by atoms with Crippen molar-refractivity contribution >= 4 is 39.8 Å². The Labute approximate surface area is 197 Å². The molecule has 7 heteroatoms. The van der Waals surface area contributed by atoms with Crippen LogP contribution in [0.3, 0.4) is 0 Å². The van der Waals surface area contributed by atoms with E-state index in [2.05, 4.69) is 26.3 Å². The number of hydrogen-bond donors (Lipinski definition) is 1. The molecule has 1 aliphatic rings. The minimum atomic E-state index is -0.141. The number of nitrogens with zero attached hydrogens (tertiary/aromatic N) is 3. The smallest absolute Gasteiger partial charge is 0.255 e. The lowest BCUT2D eigenvalue weighted by Crippen LogP contribution is -2.37. The van der Waals surface area contributed by atoms with Gasteiger partial charge >= 0.3 is 0 Å². The highest BCUT2D eigenvalue weighted by atomic mass is 35.5. The molecule has 0 aliphatic carbocycles. The van der Waals surface area contributed by atoms with Crippen LogP contribution in [0.2, 0.25) is 5.15 Å². The standard InChI is InChI=1S/C26H22ClN4O2/c27-23-17-25(31-11-13-33-14-12-31)30-24(29-23)15-18-5-9-22(10-6-18)28-26(32)21-8-7-19-3-1-2-4-20(19)16-21/h1-10,16H,11-15H2,(H,28,32). The Morgan fingerprint density at radius 3 is 2.55 bits per heavy atom. The Balaban J connectivity index is 1.26. The van der Waals surface area contributed by atoms with Gasteiger partial charge in [0.1, 0.15) is 16.8 Å². The molecule has 1 saturated heterocycles. The summed E-state index contributed by atoms with van der Waals surface area (Å²) in [6.07, 6.45) is 0.532. The monoisotopic (exact) mass is 457 g/mol. The lowest BCUT2D eigenvalue weighted by atomic mass is 10.1. The zero-order valence-corrected chi connectivity index (χ0v) is 18.7. The van der Waals surface area contributed by atoms with Gasteiger partial charge in [-0.15, -0.1) is 0 Å². The molecule has 2 heterocycles. The number of anilines is 2. The van der Waals surface area contributed by atoms with Gasteiger partial charge < -0.3 is 15.0 Å². The van der Waals surface area contributed by atoms with Gasteiger partial charge in [-0.3, -0.25) is 4.79 Å². The average Bonchev–Trinajstić information content (AvgIpc) is 2.85. The molecule has 0 spiro atoms. The van der Waals surface area contributed by atoms with Crippen LogP contribution < -0.4 is 10.2 Å². The molecule has 1 N–H and O–H groups in total. The quantitative estimate of drug-likeness (QED) is 0.437. The number of ether oxygens (including phenoxy) is 1. The summed E-state index contributed by atoms with van der Waals surface area (Å²) in [7, 11) is 0. The lowest BCUT2D eigenvalue weighted by molar-refractivity contribution is 0.102. The second kappa shape index (κ2) is 9.57. The van der Waals surface area contributed by atoms with E-state index in [9.17, 15) is 4.79 Å². The minimum Gasteiger partial charge on any atom is -0.378 e. The molecule has 1 aromatic heterocycles. The predicted octanol–water partition coefficient (Wildman–Crippen LogP) is 4.76. The Kier molecular flexibility index (Phi) is 6.19. The van der Waals surface area contributed by atoms with E-state index in [-0.39, 0.29) is 5.91 Å². The summed E-state index contributed by atoms with van der Waals surface area (Å²) in [4.78, 5) is 23.8. The Hall–Kier alpha value is -3.48. The van der Waals surface area contributed by atoms with Crippen LogP contribution in [0.15, 0.2) is 66.7 Å². The number of carbonyl (C=O) groups is 1. The Morgan fingerprint density at radius 2 is 1.76 bits per heavy atom. The number of halogens is 1. The van der Waals surface area contributed by atoms with Crippen molar-refractivity contribution in [3.8, 4) is 0 Å². The maximum atomic E-state index is 12.7. The van der Waals surface area contributed by atoms with Crippen molar-refractivity contribution in [1.29, 1.82) is 0 Å². The molecule has 1 fully saturated rings. The van der Waals surface area contributed by atoms with Crippen molar-refractivity contribution in [2.45, 2.75) is 6.42 Å². The first-order valence-electron chi connectivity index (χ1n) is 10.8. The fourth-order valence-electron chi connectivity index (χ4n) is 3.84. The fourth-order valence-corrected chi connectivity index (χ4v) is 4.02. The van der Waals surface area contributed by atoms with E-state index < -0.39 is 0 Å². The molecule has 0 unspecified atom stereocenters. The van der Waals surface area contributed by atoms with Crippen LogP contribution in [0.5, 0.6) is 0 Å². The van der Waals surface area contributed by atoms with Crippen LogP contribution in [0, 0.1) is 6.07 Å². The fraction of sp³-hybridized carbons (Fsp3) is 0.192. The molecular formula is C26H22ClN4O2. The number of amides is 1. The Morgan fingerprint density at radius 1 is 1.00 bits per heavy atom. The van der Waals surface area contributed by atoms with Crippen molar-refractivity contribution < 1.29 is 9.53 Å². The summed E-state index contributed by atoms with van der Waals surface area (Å²) in [5, 5.41) is 5.41. The van der Waals surface area contributed by atoms with Gasteiger partial charge in [-0.1, -0.05) is 54.1 Å². The SMILES string of the molecule is O=C(Nc1ccc(Cc2nc(Cl)[c]c(N3CCOCC3)n2)cc1)c1ccc2ccccc2c1. The lowest BCUT2D eigenvalue weighted by Gasteiger charge is -2.27. The van der Waals surface area contributed by atoms with Crippen molar-refractivity contribution in [2.75, 3.05) is 36.5 Å². The molecular weight excluding hydrogens is 436 g/mol. The molecule has 5 rings (SSSR count). The summed E-state index contributed by atoms with van der Waals surface area (Å²) < 4.78 is 5.40. The second-order valence-corrected chi connectivity index (χ2v) is 8.23. The number of fused-ring (bicyclic) bond motifs is 1. The molecule has 33 heavy (non-hydrogen) atoms. The van der Waals surface area contributed by atoms with Crippen LogP contribution in [-0.2, 0) is 11.2 Å². The van der Waals surface area contributed by atoms with E-state index in [0.717, 1.165) is 35.1 Å². The Bertz CT molecular complexity index is 1290. The van der Waals surface area contributed by atoms with E-state index >= 15 is 0 Å². The molecule has 0 atom stereocenters. The summed E-state index contributed by atoms with van der Waals surface area (Å²) in [6.45, 7) is 2.85. The third-order valence-corrected chi connectivity index (χ3v) is 5.75. The van der Waals surface area contributed by atoms with E-state index in [1.807, 2.05) is 66.7 Å². The first-order chi connectivity index (χ1) is 16.1. The normalized spacial score (nSPS) is 13.8. The van der Waals surface area contributed by atoms with Crippen molar-refractivity contribution in [2.24, 2.45) is 0 Å². The first-order valence-corrected chi connectivity index (χ1v) is 11.2. The number of rotatable bonds is 5. The summed E-state index contributed by atoms with van der Waals surface area (Å²) in [6, 6.07) is 24.4. The number of aromatic nitrogens is 2. The maximum absolute atomic E-state index is 12.7. The molecule has 4 aromatic rings. The van der Waals surface area contributed by atoms with Gasteiger partial charge in [0.05, 0.1) is 19.3 Å². The summed E-state index contributed by atoms with van der Waals surface area (Å²) in [5.41, 5.74) is 2.37. The van der Waals surface area contributed by atoms with Gasteiger partial charge in [-0.25, -0.2) is 9.97 Å². The van der Waals surface area contributed by atoms with E-state index in [4.69, 9.17) is 16.3 Å². The van der Waals surface area contributed by atoms with Crippen molar-refractivity contribution in [3.05, 3.63) is 94.9 Å². The first kappa shape index (κ1) is 21.4. The zero-order chi connectivity index (χ0) is 22.6. The van der Waals surface area contributed by atoms with Crippen LogP contribution in [0.4, 0.5) is 11.5 Å². The van der Waals surface area contributed by atoms with Gasteiger partial charge in [-0.2, -0.15) is 0 Å². The van der Waals surface area contributed by atoms with Crippen LogP contribution in [-0.4, -0.2) is 42.2 Å². The highest BCUT2D eigenvalue weighted by Crippen LogP contribution is 2.20. The van der Waals surface area contributed by atoms with Gasteiger partial charge in [0.15, 0.2) is 0 Å². The number of nitrogens with one attached hydrogen (secondary N) is 1. The molecule has 1 aliphatic heterocycles.